The van der Waals surface area contributed by atoms with Crippen molar-refractivity contribution in [3.8, 4) is 5.75 Å². The van der Waals surface area contributed by atoms with Gasteiger partial charge in [-0.3, -0.25) is 10.1 Å². The third kappa shape index (κ3) is 2.79. The lowest BCUT2D eigenvalue weighted by molar-refractivity contribution is -0.384. The van der Waals surface area contributed by atoms with E-state index in [1.165, 1.54) is 50.5 Å². The van der Waals surface area contributed by atoms with E-state index in [0.29, 0.717) is 12.0 Å². The Bertz CT molecular complexity index is 985. The molecule has 5 aliphatic carbocycles. The third-order valence-electron chi connectivity index (χ3n) is 9.68. The zero-order valence-electron chi connectivity index (χ0n) is 18.3. The molecule has 5 saturated carbocycles. The summed E-state index contributed by atoms with van der Waals surface area (Å²) in [7, 11) is 0. The van der Waals surface area contributed by atoms with Crippen molar-refractivity contribution in [1.29, 1.82) is 0 Å². The quantitative estimate of drug-likeness (QED) is 0.403. The highest BCUT2D eigenvalue weighted by molar-refractivity contribution is 5.40. The molecule has 31 heavy (non-hydrogen) atoms. The molecule has 0 saturated heterocycles. The molecule has 2 aromatic rings. The molecule has 5 fully saturated rings. The summed E-state index contributed by atoms with van der Waals surface area (Å²) >= 11 is 0. The second-order valence-corrected chi connectivity index (χ2v) is 10.9. The Morgan fingerprint density at radius 3 is 2.23 bits per heavy atom. The van der Waals surface area contributed by atoms with Gasteiger partial charge in [-0.05, 0) is 115 Å². The number of nitrogens with zero attached hydrogens (tertiary/aromatic N) is 1. The lowest BCUT2D eigenvalue weighted by Gasteiger charge is -2.73. The van der Waals surface area contributed by atoms with Crippen LogP contribution in [0.2, 0.25) is 0 Å². The van der Waals surface area contributed by atoms with Gasteiger partial charge in [-0.15, -0.1) is 0 Å². The average Bonchev–Trinajstić information content (AvgIpc) is 2.76. The van der Waals surface area contributed by atoms with Gasteiger partial charge in [0.25, 0.3) is 5.69 Å². The topological polar surface area (TPSA) is 52.4 Å². The highest BCUT2D eigenvalue weighted by Gasteiger charge is 2.68. The number of non-ortho nitro benzene ring substituents is 1. The van der Waals surface area contributed by atoms with E-state index in [4.69, 9.17) is 4.74 Å². The van der Waals surface area contributed by atoms with Gasteiger partial charge in [-0.2, -0.15) is 0 Å². The number of hydrogen-bond donors (Lipinski definition) is 0. The summed E-state index contributed by atoms with van der Waals surface area (Å²) in [5.41, 5.74) is 3.29. The van der Waals surface area contributed by atoms with Gasteiger partial charge in [-0.25, -0.2) is 0 Å². The molecule has 1 atom stereocenters. The van der Waals surface area contributed by atoms with Crippen LogP contribution in [0, 0.1) is 39.2 Å². The number of nitro benzene ring substituents is 1. The molecule has 0 amide bonds. The molecule has 0 aliphatic heterocycles. The number of ether oxygens (including phenoxy) is 1. The monoisotopic (exact) mass is 417 g/mol. The minimum atomic E-state index is -0.368. The van der Waals surface area contributed by atoms with Crippen LogP contribution < -0.4 is 4.74 Å². The lowest BCUT2D eigenvalue weighted by Crippen LogP contribution is -2.66. The average molecular weight is 418 g/mol. The first kappa shape index (κ1) is 19.3. The first-order valence-electron chi connectivity index (χ1n) is 11.9. The largest absolute Gasteiger partial charge is 0.489 e. The van der Waals surface area contributed by atoms with Crippen molar-refractivity contribution >= 4 is 5.69 Å². The molecule has 5 aliphatic rings. The van der Waals surface area contributed by atoms with Gasteiger partial charge in [0.05, 0.1) is 4.92 Å². The summed E-state index contributed by atoms with van der Waals surface area (Å²) in [4.78, 5) is 10.5. The number of benzene rings is 2. The van der Waals surface area contributed by atoms with E-state index in [9.17, 15) is 10.1 Å². The summed E-state index contributed by atoms with van der Waals surface area (Å²) in [6.45, 7) is 2.96. The van der Waals surface area contributed by atoms with Crippen LogP contribution in [0.4, 0.5) is 5.69 Å². The Labute approximate surface area is 184 Å². The molecule has 0 radical (unpaired) electrons. The molecular weight excluding hydrogens is 386 g/mol. The van der Waals surface area contributed by atoms with Crippen LogP contribution in [0.3, 0.4) is 0 Å². The zero-order chi connectivity index (χ0) is 21.2. The van der Waals surface area contributed by atoms with Gasteiger partial charge in [0.15, 0.2) is 0 Å². The Balaban J connectivity index is 1.22. The Morgan fingerprint density at radius 1 is 0.968 bits per heavy atom. The number of hydrogen-bond acceptors (Lipinski definition) is 3. The Morgan fingerprint density at radius 2 is 1.65 bits per heavy atom. The van der Waals surface area contributed by atoms with Gasteiger partial charge >= 0.3 is 0 Å². The van der Waals surface area contributed by atoms with Crippen molar-refractivity contribution < 1.29 is 9.66 Å². The van der Waals surface area contributed by atoms with Gasteiger partial charge in [0, 0.05) is 12.1 Å². The summed E-state index contributed by atoms with van der Waals surface area (Å²) < 4.78 is 6.12. The van der Waals surface area contributed by atoms with Crippen LogP contribution in [0.5, 0.6) is 5.75 Å². The van der Waals surface area contributed by atoms with Gasteiger partial charge in [0.2, 0.25) is 0 Å². The second-order valence-electron chi connectivity index (χ2n) is 10.9. The second kappa shape index (κ2) is 6.82. The maximum atomic E-state index is 10.9. The summed E-state index contributed by atoms with van der Waals surface area (Å²) in [5.74, 6) is 4.77. The Hall–Kier alpha value is -2.36. The summed E-state index contributed by atoms with van der Waals surface area (Å²) in [5, 5.41) is 10.9. The molecule has 7 rings (SSSR count). The molecule has 0 N–H and O–H groups in total. The highest BCUT2D eigenvalue weighted by Crippen LogP contribution is 2.75. The van der Waals surface area contributed by atoms with E-state index >= 15 is 0 Å². The molecule has 4 heteroatoms. The fraction of sp³-hybridized carbons (Fsp3) is 0.556. The van der Waals surface area contributed by atoms with E-state index in [1.807, 2.05) is 6.07 Å². The maximum Gasteiger partial charge on any atom is 0.269 e. The standard InChI is InChI=1S/C27H31NO3/c1-26(9-10-27(26)22-12-19-11-20(14-22)15-23(27)13-19)21-3-2-4-25(16-21)31-17-18-5-7-24(8-6-18)28(29)30/h2-8,16,19-20,22-23H,9-15,17H2,1H3. The minimum Gasteiger partial charge on any atom is -0.489 e. The molecule has 4 bridgehead atoms. The normalized spacial score (nSPS) is 37.6. The highest BCUT2D eigenvalue weighted by atomic mass is 16.6. The predicted octanol–water partition coefficient (Wildman–Crippen LogP) is 6.67. The minimum absolute atomic E-state index is 0.115. The first-order valence-corrected chi connectivity index (χ1v) is 11.9. The van der Waals surface area contributed by atoms with Crippen LogP contribution in [0.25, 0.3) is 0 Å². The maximum absolute atomic E-state index is 10.9. The third-order valence-corrected chi connectivity index (χ3v) is 9.68. The van der Waals surface area contributed by atoms with Crippen molar-refractivity contribution in [3.63, 3.8) is 0 Å². The molecule has 4 nitrogen and oxygen atoms in total. The van der Waals surface area contributed by atoms with Gasteiger partial charge < -0.3 is 4.74 Å². The molecule has 2 aromatic carbocycles. The van der Waals surface area contributed by atoms with Gasteiger partial charge in [0.1, 0.15) is 12.4 Å². The van der Waals surface area contributed by atoms with Crippen molar-refractivity contribution in [2.45, 2.75) is 63.9 Å². The van der Waals surface area contributed by atoms with E-state index < -0.39 is 0 Å². The number of rotatable bonds is 5. The van der Waals surface area contributed by atoms with Crippen molar-refractivity contribution in [2.75, 3.05) is 0 Å². The first-order chi connectivity index (χ1) is 15.0. The molecular formula is C27H31NO3. The molecule has 0 heterocycles. The van der Waals surface area contributed by atoms with E-state index in [-0.39, 0.29) is 16.0 Å². The zero-order valence-corrected chi connectivity index (χ0v) is 18.3. The van der Waals surface area contributed by atoms with Crippen molar-refractivity contribution in [1.82, 2.24) is 0 Å². The van der Waals surface area contributed by atoms with Crippen LogP contribution in [0.15, 0.2) is 48.5 Å². The summed E-state index contributed by atoms with van der Waals surface area (Å²) in [6, 6.07) is 15.4. The smallest absolute Gasteiger partial charge is 0.269 e. The number of nitro groups is 1. The fourth-order valence-electron chi connectivity index (χ4n) is 8.35. The molecule has 1 spiro atoms. The van der Waals surface area contributed by atoms with Crippen LogP contribution >= 0.6 is 0 Å². The van der Waals surface area contributed by atoms with Crippen molar-refractivity contribution in [2.24, 2.45) is 29.1 Å². The van der Waals surface area contributed by atoms with E-state index in [2.05, 4.69) is 25.1 Å². The van der Waals surface area contributed by atoms with Crippen LogP contribution in [-0.2, 0) is 12.0 Å². The van der Waals surface area contributed by atoms with Crippen LogP contribution in [0.1, 0.15) is 63.0 Å². The van der Waals surface area contributed by atoms with E-state index in [1.54, 1.807) is 24.3 Å². The Kier molecular flexibility index (Phi) is 4.25. The van der Waals surface area contributed by atoms with Gasteiger partial charge in [-0.1, -0.05) is 19.1 Å². The summed E-state index contributed by atoms with van der Waals surface area (Å²) in [6.07, 6.45) is 10.1. The van der Waals surface area contributed by atoms with Crippen LogP contribution in [-0.4, -0.2) is 4.92 Å². The molecule has 1 unspecified atom stereocenters. The fourth-order valence-corrected chi connectivity index (χ4v) is 8.35. The SMILES string of the molecule is CC1(c2cccc(OCc3ccc([N+](=O)[O-])cc3)c2)CCC12C1CC3CC(C1)CC2C3. The van der Waals surface area contributed by atoms with Crippen molar-refractivity contribution in [3.05, 3.63) is 69.8 Å². The molecule has 162 valence electrons. The van der Waals surface area contributed by atoms with E-state index in [0.717, 1.165) is 35.0 Å². The lowest BCUT2D eigenvalue weighted by atomic mass is 9.31. The predicted molar refractivity (Wildman–Crippen MR) is 120 cm³/mol. The molecule has 0 aromatic heterocycles.